The molecule has 0 aromatic carbocycles. The number of nitrogen functional groups attached to an aromatic ring is 1. The number of tetrazole rings is 1. The Morgan fingerprint density at radius 2 is 2.15 bits per heavy atom. The summed E-state index contributed by atoms with van der Waals surface area (Å²) >= 11 is 3.88. The van der Waals surface area contributed by atoms with Crippen molar-refractivity contribution in [1.29, 1.82) is 0 Å². The summed E-state index contributed by atoms with van der Waals surface area (Å²) in [5, 5.41) is 29.2. The molecule has 13 nitrogen and oxygen atoms in total. The number of carbonyl (C=O) groups is 3. The molecule has 2 fully saturated rings. The number of nitrogens with zero attached hydrogens (tertiary/aromatic N) is 6. The van der Waals surface area contributed by atoms with Gasteiger partial charge in [0.25, 0.3) is 0 Å². The van der Waals surface area contributed by atoms with Crippen LogP contribution in [0.25, 0.3) is 0 Å². The molecule has 2 aliphatic rings. The maximum Gasteiger partial charge on any atom is 0.313 e. The molecule has 5 N–H and O–H groups in total. The standard InChI is InChI=1S/C16H20N8O4S3.C2H7N/c1-2-24-15(20-21-22-24)31-7-16(13(27)28)5-23-11(26)10(12(23)30-6-16)19-9(25)3-8-4-29-14(17)18-8;1-3-2/h4,10,12H,2-3,5-7H2,1H3,(H2,17,18)(H,19,25)(H,27,28);3H,1-2H3/t10?,12-,16?;/m1./s1. The molecule has 16 heteroatoms. The summed E-state index contributed by atoms with van der Waals surface area (Å²) in [6.07, 6.45) is 0.0384. The lowest BCUT2D eigenvalue weighted by molar-refractivity contribution is -0.157. The van der Waals surface area contributed by atoms with E-state index in [9.17, 15) is 19.5 Å². The third-order valence-corrected chi connectivity index (χ3v) is 8.66. The molecule has 34 heavy (non-hydrogen) atoms. The number of hydrogen-bond donors (Lipinski definition) is 4. The molecule has 2 aliphatic heterocycles. The SMILES string of the molecule is CCn1nnnc1SCC1(C(=O)O)CS[C@@H]2C(NC(=O)Cc3csc(N)n3)C(=O)N2C1.CNC. The molecule has 0 aliphatic carbocycles. The lowest BCUT2D eigenvalue weighted by Crippen LogP contribution is -2.74. The van der Waals surface area contributed by atoms with Gasteiger partial charge in [0.2, 0.25) is 17.0 Å². The molecule has 0 radical (unpaired) electrons. The van der Waals surface area contributed by atoms with Crippen LogP contribution in [0.15, 0.2) is 10.5 Å². The van der Waals surface area contributed by atoms with Crippen LogP contribution in [0.5, 0.6) is 0 Å². The fourth-order valence-electron chi connectivity index (χ4n) is 3.40. The largest absolute Gasteiger partial charge is 0.481 e. The smallest absolute Gasteiger partial charge is 0.313 e. The minimum absolute atomic E-state index is 0.0384. The second-order valence-corrected chi connectivity index (χ2v) is 10.7. The summed E-state index contributed by atoms with van der Waals surface area (Å²) in [6.45, 7) is 2.55. The second kappa shape index (κ2) is 11.3. The first-order chi connectivity index (χ1) is 16.2. The van der Waals surface area contributed by atoms with Crippen LogP contribution >= 0.6 is 34.9 Å². The normalized spacial score (nSPS) is 23.4. The van der Waals surface area contributed by atoms with Crippen molar-refractivity contribution in [3.63, 3.8) is 0 Å². The Bertz CT molecular complexity index is 1030. The molecule has 4 rings (SSSR count). The molecule has 2 aromatic heterocycles. The molecule has 2 amide bonds. The summed E-state index contributed by atoms with van der Waals surface area (Å²) in [7, 11) is 3.75. The van der Waals surface area contributed by atoms with Crippen LogP contribution in [0.3, 0.4) is 0 Å². The number of aliphatic carboxylic acids is 1. The van der Waals surface area contributed by atoms with Crippen LogP contribution in [0.1, 0.15) is 12.6 Å². The lowest BCUT2D eigenvalue weighted by atomic mass is 9.89. The van der Waals surface area contributed by atoms with E-state index in [0.29, 0.717) is 28.3 Å². The van der Waals surface area contributed by atoms with Crippen LogP contribution in [0, 0.1) is 5.41 Å². The number of nitrogens with one attached hydrogen (secondary N) is 2. The fraction of sp³-hybridized carbons (Fsp3) is 0.611. The number of carbonyl (C=O) groups excluding carboxylic acids is 2. The van der Waals surface area contributed by atoms with E-state index in [1.54, 1.807) is 10.1 Å². The van der Waals surface area contributed by atoms with E-state index >= 15 is 0 Å². The Morgan fingerprint density at radius 1 is 1.41 bits per heavy atom. The average Bonchev–Trinajstić information content (AvgIpc) is 3.44. The van der Waals surface area contributed by atoms with Crippen molar-refractivity contribution in [2.75, 3.05) is 37.9 Å². The van der Waals surface area contributed by atoms with Gasteiger partial charge in [-0.25, -0.2) is 9.67 Å². The van der Waals surface area contributed by atoms with E-state index in [1.165, 1.54) is 39.8 Å². The molecule has 0 spiro atoms. The Morgan fingerprint density at radius 3 is 2.76 bits per heavy atom. The summed E-state index contributed by atoms with van der Waals surface area (Å²) in [5.74, 6) is -1.03. The van der Waals surface area contributed by atoms with Gasteiger partial charge in [-0.05, 0) is 31.4 Å². The highest BCUT2D eigenvalue weighted by Crippen LogP contribution is 2.44. The van der Waals surface area contributed by atoms with E-state index in [1.807, 2.05) is 21.0 Å². The zero-order chi connectivity index (χ0) is 24.9. The van der Waals surface area contributed by atoms with Crippen molar-refractivity contribution >= 4 is 57.8 Å². The first-order valence-corrected chi connectivity index (χ1v) is 13.3. The number of hydrogen-bond acceptors (Lipinski definition) is 12. The van der Waals surface area contributed by atoms with Crippen molar-refractivity contribution in [3.05, 3.63) is 11.1 Å². The van der Waals surface area contributed by atoms with Crippen molar-refractivity contribution in [3.8, 4) is 0 Å². The zero-order valence-corrected chi connectivity index (χ0v) is 21.4. The monoisotopic (exact) mass is 529 g/mol. The molecule has 2 aromatic rings. The third kappa shape index (κ3) is 5.61. The highest BCUT2D eigenvalue weighted by Gasteiger charge is 2.57. The van der Waals surface area contributed by atoms with E-state index < -0.39 is 17.4 Å². The third-order valence-electron chi connectivity index (χ3n) is 5.10. The number of anilines is 1. The number of amides is 2. The van der Waals surface area contributed by atoms with Crippen LogP contribution in [0.4, 0.5) is 5.13 Å². The summed E-state index contributed by atoms with van der Waals surface area (Å²) < 4.78 is 1.59. The molecule has 2 unspecified atom stereocenters. The van der Waals surface area contributed by atoms with Crippen LogP contribution < -0.4 is 16.4 Å². The second-order valence-electron chi connectivity index (χ2n) is 7.72. The van der Waals surface area contributed by atoms with E-state index in [0.717, 1.165) is 0 Å². The lowest BCUT2D eigenvalue weighted by Gasteiger charge is -2.53. The number of thiazole rings is 1. The molecular formula is C18H27N9O4S3. The van der Waals surface area contributed by atoms with Crippen LogP contribution in [-0.2, 0) is 27.3 Å². The Hall–Kier alpha value is -2.43. The number of fused-ring (bicyclic) bond motifs is 1. The zero-order valence-electron chi connectivity index (χ0n) is 18.9. The average molecular weight is 530 g/mol. The quantitative estimate of drug-likeness (QED) is 0.251. The van der Waals surface area contributed by atoms with Gasteiger partial charge in [0.1, 0.15) is 16.8 Å². The van der Waals surface area contributed by atoms with Crippen molar-refractivity contribution < 1.29 is 19.5 Å². The van der Waals surface area contributed by atoms with Gasteiger partial charge in [0, 0.05) is 30.0 Å². The van der Waals surface area contributed by atoms with Gasteiger partial charge in [-0.1, -0.05) is 11.8 Å². The number of carboxylic acids is 1. The van der Waals surface area contributed by atoms with E-state index in [-0.39, 0.29) is 35.9 Å². The molecule has 0 saturated carbocycles. The molecule has 186 valence electrons. The number of thioether (sulfide) groups is 2. The molecule has 0 bridgehead atoms. The van der Waals surface area contributed by atoms with Gasteiger partial charge in [0.15, 0.2) is 5.13 Å². The summed E-state index contributed by atoms with van der Waals surface area (Å²) in [4.78, 5) is 42.6. The molecule has 4 heterocycles. The first-order valence-electron chi connectivity index (χ1n) is 10.4. The maximum atomic E-state index is 12.7. The molecule has 3 atom stereocenters. The van der Waals surface area contributed by atoms with Crippen LogP contribution in [-0.4, -0.2) is 96.5 Å². The minimum atomic E-state index is -1.13. The first kappa shape index (κ1) is 26.2. The van der Waals surface area contributed by atoms with E-state index in [4.69, 9.17) is 5.73 Å². The van der Waals surface area contributed by atoms with Crippen LogP contribution in [0.2, 0.25) is 0 Å². The summed E-state index contributed by atoms with van der Waals surface area (Å²) in [5.41, 5.74) is 5.00. The Kier molecular flexibility index (Phi) is 8.72. The highest BCUT2D eigenvalue weighted by atomic mass is 32.2. The molecule has 2 saturated heterocycles. The topological polar surface area (TPSA) is 181 Å². The van der Waals surface area contributed by atoms with Gasteiger partial charge in [0.05, 0.1) is 12.1 Å². The van der Waals surface area contributed by atoms with Crippen molar-refractivity contribution in [1.82, 2.24) is 40.7 Å². The van der Waals surface area contributed by atoms with Crippen molar-refractivity contribution in [2.45, 2.75) is 36.5 Å². The Labute approximate surface area is 208 Å². The predicted molar refractivity (Wildman–Crippen MR) is 129 cm³/mol. The van der Waals surface area contributed by atoms with E-state index in [2.05, 4.69) is 31.1 Å². The summed E-state index contributed by atoms with van der Waals surface area (Å²) in [6, 6.07) is -0.666. The van der Waals surface area contributed by atoms with Gasteiger partial charge < -0.3 is 26.4 Å². The van der Waals surface area contributed by atoms with Gasteiger partial charge in [-0.2, -0.15) is 0 Å². The fourth-order valence-corrected chi connectivity index (χ4v) is 6.76. The highest BCUT2D eigenvalue weighted by molar-refractivity contribution is 8.00. The minimum Gasteiger partial charge on any atom is -0.481 e. The number of nitrogens with two attached hydrogens (primary N) is 1. The Balaban J connectivity index is 0.00000103. The number of β-lactam (4-membered cyclic amide) rings is 1. The molecular weight excluding hydrogens is 502 g/mol. The van der Waals surface area contributed by atoms with Gasteiger partial charge in [-0.3, -0.25) is 14.4 Å². The van der Waals surface area contributed by atoms with Gasteiger partial charge in [-0.15, -0.1) is 28.2 Å². The number of carboxylic acid groups (broad SMARTS) is 1. The van der Waals surface area contributed by atoms with Gasteiger partial charge >= 0.3 is 5.97 Å². The predicted octanol–water partition coefficient (Wildman–Crippen LogP) is -0.627. The number of aryl methyl sites for hydroxylation is 1. The maximum absolute atomic E-state index is 12.7. The van der Waals surface area contributed by atoms with Crippen molar-refractivity contribution in [2.24, 2.45) is 5.41 Å². The number of aromatic nitrogens is 5. The number of rotatable bonds is 8.